The molecule has 4 nitrogen and oxygen atoms in total. The summed E-state index contributed by atoms with van der Waals surface area (Å²) in [6.45, 7) is 0.160. The standard InChI is InChI=1S/2C22H18F2NO.2C5H5.Ti/c2*23-19-13-14-21(20(24)16-19)25(22(26)18-11-5-2-6-12-18)15-7-10-17-8-3-1-4-9-17;2*1-2-4-5-3-1;/h2*1-6,8-9,11-14H,7,10,15H2;2*1-3H,4H2;. The summed E-state index contributed by atoms with van der Waals surface area (Å²) in [6.07, 6.45) is 13.1. The number of aryl methyl sites for hydroxylation is 2. The maximum atomic E-state index is 18.3. The van der Waals surface area contributed by atoms with E-state index in [1.54, 1.807) is 85.0 Å². The normalized spacial score (nSPS) is 13.2. The third-order valence-corrected chi connectivity index (χ3v) is 19.8. The quantitative estimate of drug-likeness (QED) is 0.0718. The number of carbonyl (C=O) groups is 2. The number of amides is 2. The first-order valence-electron chi connectivity index (χ1n) is 21.3. The van der Waals surface area contributed by atoms with Crippen molar-refractivity contribution in [2.24, 2.45) is 0 Å². The Morgan fingerprint density at radius 3 is 1.19 bits per heavy atom. The number of benzene rings is 6. The number of anilines is 2. The van der Waals surface area contributed by atoms with Crippen LogP contribution in [0, 0.1) is 23.3 Å². The molecule has 63 heavy (non-hydrogen) atoms. The van der Waals surface area contributed by atoms with Crippen molar-refractivity contribution in [1.29, 1.82) is 0 Å². The van der Waals surface area contributed by atoms with E-state index in [1.165, 1.54) is 21.9 Å². The zero-order valence-electron chi connectivity index (χ0n) is 34.7. The molecule has 6 aromatic carbocycles. The van der Waals surface area contributed by atoms with E-state index in [0.29, 0.717) is 44.6 Å². The molecule has 0 saturated carbocycles. The van der Waals surface area contributed by atoms with E-state index >= 15 is 17.6 Å². The Bertz CT molecular complexity index is 2530. The number of halogens is 4. The number of allylic oxidation sites excluding steroid dienone is 8. The van der Waals surface area contributed by atoms with Crippen LogP contribution in [0.4, 0.5) is 28.9 Å². The van der Waals surface area contributed by atoms with Gasteiger partial charge in [-0.3, -0.25) is 0 Å². The van der Waals surface area contributed by atoms with Crippen LogP contribution in [0.15, 0.2) is 190 Å². The van der Waals surface area contributed by atoms with Gasteiger partial charge < -0.3 is 0 Å². The molecule has 8 rings (SSSR count). The maximum absolute atomic E-state index is 18.3. The van der Waals surface area contributed by atoms with Crippen molar-refractivity contribution in [3.63, 3.8) is 0 Å². The van der Waals surface area contributed by atoms with Crippen LogP contribution in [0.2, 0.25) is 0 Å². The Hall–Kier alpha value is -6.35. The van der Waals surface area contributed by atoms with Gasteiger partial charge in [-0.05, 0) is 0 Å². The van der Waals surface area contributed by atoms with Crippen LogP contribution < -0.4 is 17.5 Å². The van der Waals surface area contributed by atoms with Gasteiger partial charge in [-0.15, -0.1) is 0 Å². The van der Waals surface area contributed by atoms with Gasteiger partial charge in [-0.2, -0.15) is 0 Å². The Morgan fingerprint density at radius 2 is 0.841 bits per heavy atom. The van der Waals surface area contributed by atoms with Gasteiger partial charge in [0.2, 0.25) is 0 Å². The van der Waals surface area contributed by atoms with E-state index in [0.717, 1.165) is 23.3 Å². The van der Waals surface area contributed by atoms with Gasteiger partial charge in [0.05, 0.1) is 0 Å². The molecular formula is C54H46F4N2O2Ti. The molecule has 0 bridgehead atoms. The average Bonchev–Trinajstić information content (AvgIpc) is 4.07. The van der Waals surface area contributed by atoms with Crippen LogP contribution in [0.1, 0.15) is 57.5 Å². The molecule has 0 unspecified atom stereocenters. The summed E-state index contributed by atoms with van der Waals surface area (Å²) in [5.41, 5.74) is 2.32. The van der Waals surface area contributed by atoms with Crippen LogP contribution in [0.3, 0.4) is 0 Å². The fourth-order valence-electron chi connectivity index (χ4n) is 8.92. The minimum absolute atomic E-state index is 0.0802. The van der Waals surface area contributed by atoms with Crippen molar-refractivity contribution < 1.29 is 43.7 Å². The van der Waals surface area contributed by atoms with Gasteiger partial charge in [-0.25, -0.2) is 0 Å². The third-order valence-electron chi connectivity index (χ3n) is 11.9. The number of hydrogen-bond acceptors (Lipinski definition) is 2. The molecule has 0 fully saturated rings. The summed E-state index contributed by atoms with van der Waals surface area (Å²) in [7, 11) is 0. The Morgan fingerprint density at radius 1 is 0.476 bits per heavy atom. The van der Waals surface area contributed by atoms with Crippen LogP contribution in [0.5, 0.6) is 0 Å². The van der Waals surface area contributed by atoms with Gasteiger partial charge in [-0.1, -0.05) is 0 Å². The summed E-state index contributed by atoms with van der Waals surface area (Å²) in [5, 5.41) is 0. The second-order valence-corrected chi connectivity index (χ2v) is 21.6. The molecule has 0 atom stereocenters. The van der Waals surface area contributed by atoms with Crippen LogP contribution in [-0.4, -0.2) is 24.9 Å². The summed E-state index contributed by atoms with van der Waals surface area (Å²) < 4.78 is 71.4. The Balaban J connectivity index is 1.32. The molecule has 0 saturated heterocycles. The van der Waals surface area contributed by atoms with Crippen molar-refractivity contribution in [2.75, 3.05) is 22.9 Å². The summed E-state index contributed by atoms with van der Waals surface area (Å²) in [4.78, 5) is 31.5. The molecule has 316 valence electrons. The number of rotatable bonds is 16. The molecule has 0 radical (unpaired) electrons. The van der Waals surface area contributed by atoms with Crippen molar-refractivity contribution in [3.05, 3.63) is 235 Å². The first-order valence-corrected chi connectivity index (χ1v) is 24.4. The molecule has 0 aliphatic heterocycles. The zero-order valence-corrected chi connectivity index (χ0v) is 36.3. The molecule has 0 spiro atoms. The SMILES string of the molecule is O=C(c1ccccc1)N(CCCc1ccccc1)c1ccc(F)[c]([Ti]([C]2=CC=CC2)([C]2=CC=CC2)[c]2c(F)ccc(N(CCCc3ccccc3)C(=O)c3ccccc3)c2F)c1F. The second kappa shape index (κ2) is 19.8. The average molecular weight is 879 g/mol. The number of carbonyl (C=O) groups excluding carboxylic acids is 2. The molecule has 0 heterocycles. The Kier molecular flexibility index (Phi) is 13.6. The number of nitrogens with zero attached hydrogens (tertiary/aromatic N) is 2. The van der Waals surface area contributed by atoms with E-state index in [2.05, 4.69) is 0 Å². The van der Waals surface area contributed by atoms with E-state index < -0.39 is 59.4 Å². The monoisotopic (exact) mass is 878 g/mol. The fraction of sp³-hybridized carbons (Fsp3) is 0.148. The van der Waals surface area contributed by atoms with E-state index in [4.69, 9.17) is 0 Å². The van der Waals surface area contributed by atoms with Gasteiger partial charge in [0, 0.05) is 0 Å². The first kappa shape index (κ1) is 43.3. The predicted octanol–water partition coefficient (Wildman–Crippen LogP) is 11.6. The zero-order chi connectivity index (χ0) is 43.8. The van der Waals surface area contributed by atoms with Gasteiger partial charge >= 0.3 is 371 Å². The van der Waals surface area contributed by atoms with E-state index in [-0.39, 0.29) is 37.3 Å². The molecule has 0 N–H and O–H groups in total. The summed E-state index contributed by atoms with van der Waals surface area (Å²) in [5.74, 6) is -4.99. The van der Waals surface area contributed by atoms with Gasteiger partial charge in [0.1, 0.15) is 0 Å². The van der Waals surface area contributed by atoms with Gasteiger partial charge in [0.25, 0.3) is 0 Å². The first-order chi connectivity index (χ1) is 30.8. The molecule has 2 amide bonds. The second-order valence-electron chi connectivity index (χ2n) is 15.7. The predicted molar refractivity (Wildman–Crippen MR) is 241 cm³/mol. The van der Waals surface area contributed by atoms with Gasteiger partial charge in [0.15, 0.2) is 0 Å². The van der Waals surface area contributed by atoms with Crippen LogP contribution >= 0.6 is 0 Å². The van der Waals surface area contributed by atoms with Crippen LogP contribution in [-0.2, 0) is 29.4 Å². The van der Waals surface area contributed by atoms with Crippen molar-refractivity contribution in [1.82, 2.24) is 0 Å². The molecular weight excluding hydrogens is 832 g/mol. The Labute approximate surface area is 369 Å². The van der Waals surface area contributed by atoms with Crippen molar-refractivity contribution in [3.8, 4) is 0 Å². The molecule has 2 aliphatic carbocycles. The minimum atomic E-state index is -5.43. The summed E-state index contributed by atoms with van der Waals surface area (Å²) in [6, 6.07) is 41.1. The molecule has 9 heteroatoms. The summed E-state index contributed by atoms with van der Waals surface area (Å²) >= 11 is -5.43. The topological polar surface area (TPSA) is 40.6 Å². The van der Waals surface area contributed by atoms with Crippen molar-refractivity contribution >= 4 is 30.9 Å². The molecule has 6 aromatic rings. The number of hydrogen-bond donors (Lipinski definition) is 0. The third kappa shape index (κ3) is 8.97. The van der Waals surface area contributed by atoms with Crippen LogP contribution in [0.25, 0.3) is 0 Å². The fourth-order valence-corrected chi connectivity index (χ4v) is 17.2. The molecule has 0 aromatic heterocycles. The van der Waals surface area contributed by atoms with Crippen molar-refractivity contribution in [2.45, 2.75) is 38.5 Å². The van der Waals surface area contributed by atoms with E-state index in [1.807, 2.05) is 72.8 Å². The van der Waals surface area contributed by atoms with E-state index in [9.17, 15) is 9.59 Å². The molecule has 2 aliphatic rings.